The van der Waals surface area contributed by atoms with E-state index in [-0.39, 0.29) is 0 Å². The van der Waals surface area contributed by atoms with E-state index in [0.29, 0.717) is 17.2 Å². The van der Waals surface area contributed by atoms with Gasteiger partial charge in [-0.1, -0.05) is 17.7 Å². The maximum absolute atomic E-state index is 13.0. The van der Waals surface area contributed by atoms with Gasteiger partial charge in [-0.3, -0.25) is 9.69 Å². The molecule has 3 heteroatoms. The van der Waals surface area contributed by atoms with Gasteiger partial charge >= 0.3 is 0 Å². The van der Waals surface area contributed by atoms with Crippen LogP contribution in [-0.2, 0) is 0 Å². The lowest BCUT2D eigenvalue weighted by Gasteiger charge is -2.52. The predicted octanol–water partition coefficient (Wildman–Crippen LogP) is 4.66. The molecule has 1 aromatic carbocycles. The van der Waals surface area contributed by atoms with Crippen LogP contribution in [0.2, 0.25) is 0 Å². The van der Waals surface area contributed by atoms with Crippen molar-refractivity contribution in [1.29, 1.82) is 0 Å². The van der Waals surface area contributed by atoms with Crippen LogP contribution in [0.1, 0.15) is 47.3 Å². The fraction of sp³-hybridized carbons (Fsp3) is 0.550. The monoisotopic (exact) mass is 325 g/mol. The molecule has 23 heavy (non-hydrogen) atoms. The Morgan fingerprint density at radius 2 is 2.04 bits per heavy atom. The number of fused-ring (bicyclic) bond motifs is 3. The van der Waals surface area contributed by atoms with E-state index in [1.807, 2.05) is 0 Å². The second-order valence-electron chi connectivity index (χ2n) is 7.81. The molecule has 1 unspecified atom stereocenters. The summed E-state index contributed by atoms with van der Waals surface area (Å²) in [5.41, 5.74) is 1.69. The number of Topliss-reactive ketones (excluding diaryl/α,β-unsaturated/α-hetero) is 1. The number of nitrogens with zero attached hydrogens (tertiary/aromatic N) is 1. The molecule has 2 bridgehead atoms. The molecule has 1 aliphatic carbocycles. The van der Waals surface area contributed by atoms with Crippen LogP contribution < -0.4 is 0 Å². The number of thiophene rings is 1. The molecule has 6 rings (SSSR count). The molecule has 1 spiro atoms. The van der Waals surface area contributed by atoms with Gasteiger partial charge in [-0.2, -0.15) is 0 Å². The van der Waals surface area contributed by atoms with Crippen LogP contribution in [0.3, 0.4) is 0 Å². The summed E-state index contributed by atoms with van der Waals surface area (Å²) >= 11 is 1.68. The lowest BCUT2D eigenvalue weighted by atomic mass is 9.70. The van der Waals surface area contributed by atoms with Crippen molar-refractivity contribution in [2.45, 2.75) is 44.6 Å². The number of piperidine rings is 3. The van der Waals surface area contributed by atoms with E-state index in [1.165, 1.54) is 54.4 Å². The van der Waals surface area contributed by atoms with Crippen molar-refractivity contribution in [3.63, 3.8) is 0 Å². The summed E-state index contributed by atoms with van der Waals surface area (Å²) in [5.74, 6) is 1.79. The fourth-order valence-electron chi connectivity index (χ4n) is 5.19. The molecule has 4 fully saturated rings. The Bertz CT molecular complexity index is 780. The fourth-order valence-corrected chi connectivity index (χ4v) is 6.18. The van der Waals surface area contributed by atoms with E-state index < -0.39 is 0 Å². The van der Waals surface area contributed by atoms with Gasteiger partial charge < -0.3 is 0 Å². The first-order valence-corrected chi connectivity index (χ1v) is 9.76. The molecule has 120 valence electrons. The van der Waals surface area contributed by atoms with Crippen LogP contribution in [0.25, 0.3) is 10.1 Å². The first-order valence-electron chi connectivity index (χ1n) is 8.94. The van der Waals surface area contributed by atoms with E-state index in [4.69, 9.17) is 0 Å². The Balaban J connectivity index is 1.42. The lowest BCUT2D eigenvalue weighted by molar-refractivity contribution is -0.0273. The van der Waals surface area contributed by atoms with Crippen molar-refractivity contribution in [2.24, 2.45) is 11.8 Å². The molecule has 1 atom stereocenters. The third-order valence-electron chi connectivity index (χ3n) is 6.54. The highest BCUT2D eigenvalue weighted by atomic mass is 32.1. The first-order chi connectivity index (χ1) is 11.2. The molecule has 1 saturated carbocycles. The van der Waals surface area contributed by atoms with Crippen molar-refractivity contribution in [3.05, 3.63) is 34.7 Å². The summed E-state index contributed by atoms with van der Waals surface area (Å²) in [7, 11) is 0. The number of rotatable bonds is 3. The van der Waals surface area contributed by atoms with Gasteiger partial charge in [-0.25, -0.2) is 0 Å². The molecular weight excluding hydrogens is 302 g/mol. The summed E-state index contributed by atoms with van der Waals surface area (Å²) in [5, 5.41) is 1.23. The normalized spacial score (nSPS) is 30.9. The van der Waals surface area contributed by atoms with Gasteiger partial charge in [-0.15, -0.1) is 11.3 Å². The van der Waals surface area contributed by atoms with Gasteiger partial charge in [0.1, 0.15) is 0 Å². The number of hydrogen-bond acceptors (Lipinski definition) is 3. The zero-order valence-corrected chi connectivity index (χ0v) is 14.5. The molecule has 4 heterocycles. The Morgan fingerprint density at radius 3 is 2.78 bits per heavy atom. The third kappa shape index (κ3) is 2.13. The molecule has 4 aliphatic rings. The van der Waals surface area contributed by atoms with Crippen LogP contribution in [0.15, 0.2) is 24.3 Å². The van der Waals surface area contributed by atoms with Gasteiger partial charge in [0.05, 0.1) is 4.88 Å². The summed E-state index contributed by atoms with van der Waals surface area (Å²) in [6.45, 7) is 4.66. The van der Waals surface area contributed by atoms with Gasteiger partial charge in [0.2, 0.25) is 0 Å². The summed E-state index contributed by atoms with van der Waals surface area (Å²) in [6, 6.07) is 8.61. The van der Waals surface area contributed by atoms with Gasteiger partial charge in [-0.05, 0) is 75.1 Å². The number of hydrogen-bond donors (Lipinski definition) is 0. The largest absolute Gasteiger partial charge is 0.297 e. The zero-order valence-electron chi connectivity index (χ0n) is 13.7. The number of carbonyl (C=O) groups excluding carboxylic acids is 1. The van der Waals surface area contributed by atoms with E-state index in [1.54, 1.807) is 11.3 Å². The minimum Gasteiger partial charge on any atom is -0.297 e. The van der Waals surface area contributed by atoms with E-state index >= 15 is 0 Å². The van der Waals surface area contributed by atoms with E-state index in [0.717, 1.165) is 17.2 Å². The van der Waals surface area contributed by atoms with Crippen LogP contribution in [0, 0.1) is 18.8 Å². The molecule has 3 saturated heterocycles. The smallest absolute Gasteiger partial charge is 0.173 e. The molecule has 0 radical (unpaired) electrons. The Kier molecular flexibility index (Phi) is 3.02. The van der Waals surface area contributed by atoms with E-state index in [2.05, 4.69) is 36.1 Å². The highest BCUT2D eigenvalue weighted by molar-refractivity contribution is 7.20. The van der Waals surface area contributed by atoms with Gasteiger partial charge in [0.25, 0.3) is 0 Å². The average Bonchev–Trinajstić information content (AvgIpc) is 3.22. The van der Waals surface area contributed by atoms with Gasteiger partial charge in [0, 0.05) is 16.7 Å². The predicted molar refractivity (Wildman–Crippen MR) is 95.3 cm³/mol. The second-order valence-corrected chi connectivity index (χ2v) is 8.90. The molecular formula is C20H23NOS. The molecule has 3 aliphatic heterocycles. The van der Waals surface area contributed by atoms with Crippen molar-refractivity contribution in [1.82, 2.24) is 4.90 Å². The maximum atomic E-state index is 13.0. The molecule has 2 nitrogen and oxygen atoms in total. The summed E-state index contributed by atoms with van der Waals surface area (Å²) < 4.78 is 1.24. The Hall–Kier alpha value is -1.19. The quantitative estimate of drug-likeness (QED) is 0.765. The number of aryl methyl sites for hydroxylation is 1. The molecule has 0 N–H and O–H groups in total. The highest BCUT2D eigenvalue weighted by Gasteiger charge is 2.60. The van der Waals surface area contributed by atoms with Crippen LogP contribution >= 0.6 is 11.3 Å². The van der Waals surface area contributed by atoms with Crippen molar-refractivity contribution < 1.29 is 4.79 Å². The highest BCUT2D eigenvalue weighted by Crippen LogP contribution is 2.58. The minimum absolute atomic E-state index is 0.383. The van der Waals surface area contributed by atoms with Crippen molar-refractivity contribution >= 4 is 27.2 Å². The van der Waals surface area contributed by atoms with Crippen LogP contribution in [0.4, 0.5) is 0 Å². The number of benzene rings is 1. The maximum Gasteiger partial charge on any atom is 0.173 e. The Morgan fingerprint density at radius 1 is 1.26 bits per heavy atom. The minimum atomic E-state index is 0.383. The number of carbonyl (C=O) groups is 1. The van der Waals surface area contributed by atoms with Crippen molar-refractivity contribution in [3.8, 4) is 0 Å². The van der Waals surface area contributed by atoms with Crippen LogP contribution in [-0.4, -0.2) is 29.3 Å². The molecule has 1 aromatic heterocycles. The van der Waals surface area contributed by atoms with E-state index in [9.17, 15) is 4.79 Å². The van der Waals surface area contributed by atoms with Gasteiger partial charge in [0.15, 0.2) is 5.78 Å². The third-order valence-corrected chi connectivity index (χ3v) is 7.70. The zero-order chi connectivity index (χ0) is 15.6. The summed E-state index contributed by atoms with van der Waals surface area (Å²) in [4.78, 5) is 16.6. The standard InChI is InChI=1S/C20H23NOS/c1-13-2-3-18-15(10-13)11-19(23-18)17(22)12-16-14-4-8-21(9-5-14)20(16)6-7-20/h2-3,10-11,14,16H,4-9,12H2,1H3. The van der Waals surface area contributed by atoms with Crippen LogP contribution in [0.5, 0.6) is 0 Å². The Labute approximate surface area is 141 Å². The summed E-state index contributed by atoms with van der Waals surface area (Å²) in [6.07, 6.45) is 6.05. The number of ketones is 1. The SMILES string of the molecule is Cc1ccc2sc(C(=O)CC3C4CCN(CC4)C34CC4)cc2c1. The average molecular weight is 325 g/mol. The molecule has 2 aromatic rings. The lowest BCUT2D eigenvalue weighted by Crippen LogP contribution is -2.57. The molecule has 0 amide bonds. The second kappa shape index (κ2) is 4.90. The first kappa shape index (κ1) is 14.2. The van der Waals surface area contributed by atoms with Crippen molar-refractivity contribution in [2.75, 3.05) is 13.1 Å². The topological polar surface area (TPSA) is 20.3 Å².